The average molecular weight is 345 g/mol. The molecule has 126 valence electrons. The molecule has 3 N–H and O–H groups in total. The van der Waals surface area contributed by atoms with Gasteiger partial charge in [0.1, 0.15) is 5.82 Å². The zero-order valence-electron chi connectivity index (χ0n) is 13.7. The van der Waals surface area contributed by atoms with E-state index in [2.05, 4.69) is 15.4 Å². The third kappa shape index (κ3) is 3.10. The van der Waals surface area contributed by atoms with Crippen LogP contribution in [0.25, 0.3) is 5.65 Å². The highest BCUT2D eigenvalue weighted by Crippen LogP contribution is 2.19. The van der Waals surface area contributed by atoms with Gasteiger partial charge in [-0.05, 0) is 38.5 Å². The molecule has 0 aliphatic carbocycles. The third-order valence-corrected chi connectivity index (χ3v) is 4.84. The van der Waals surface area contributed by atoms with Gasteiger partial charge in [-0.25, -0.2) is 18.5 Å². The van der Waals surface area contributed by atoms with E-state index in [-0.39, 0.29) is 4.90 Å². The zero-order chi connectivity index (χ0) is 17.5. The van der Waals surface area contributed by atoms with Gasteiger partial charge in [-0.15, -0.1) is 0 Å². The van der Waals surface area contributed by atoms with Crippen molar-refractivity contribution in [1.29, 1.82) is 0 Å². The summed E-state index contributed by atoms with van der Waals surface area (Å²) < 4.78 is 24.4. The van der Waals surface area contributed by atoms with Crippen molar-refractivity contribution < 1.29 is 8.42 Å². The number of aryl methyl sites for hydroxylation is 3. The monoisotopic (exact) mass is 345 g/mol. The number of rotatable bonds is 4. The van der Waals surface area contributed by atoms with Crippen molar-refractivity contribution in [2.75, 3.05) is 5.32 Å². The molecule has 0 amide bonds. The smallest absolute Gasteiger partial charge is 0.238 e. The number of hydrogen-bond acceptors (Lipinski definition) is 5. The Morgan fingerprint density at radius 3 is 2.46 bits per heavy atom. The van der Waals surface area contributed by atoms with Gasteiger partial charge in [0.05, 0.1) is 10.6 Å². The van der Waals surface area contributed by atoms with E-state index in [0.717, 1.165) is 34.0 Å². The van der Waals surface area contributed by atoms with E-state index in [1.165, 1.54) is 12.1 Å². The molecule has 0 saturated carbocycles. The summed E-state index contributed by atoms with van der Waals surface area (Å²) in [5.74, 6) is 0.837. The molecule has 0 aliphatic heterocycles. The summed E-state index contributed by atoms with van der Waals surface area (Å²) in [4.78, 5) is 4.63. The second kappa shape index (κ2) is 5.88. The minimum atomic E-state index is -3.67. The van der Waals surface area contributed by atoms with Gasteiger partial charge in [0, 0.05) is 23.9 Å². The van der Waals surface area contributed by atoms with Gasteiger partial charge in [0.15, 0.2) is 5.65 Å². The van der Waals surface area contributed by atoms with Gasteiger partial charge < -0.3 is 5.32 Å². The summed E-state index contributed by atoms with van der Waals surface area (Å²) in [5, 5.41) is 12.9. The minimum Gasteiger partial charge on any atom is -0.366 e. The molecule has 0 fully saturated rings. The first kappa shape index (κ1) is 16.4. The molecule has 0 unspecified atom stereocenters. The van der Waals surface area contributed by atoms with Gasteiger partial charge >= 0.3 is 0 Å². The van der Waals surface area contributed by atoms with E-state index in [4.69, 9.17) is 5.14 Å². The van der Waals surface area contributed by atoms with Crippen LogP contribution in [0.3, 0.4) is 0 Å². The van der Waals surface area contributed by atoms with Crippen LogP contribution < -0.4 is 10.5 Å². The summed E-state index contributed by atoms with van der Waals surface area (Å²) in [6, 6.07) is 8.40. The standard InChI is InChI=1S/C16H19N5O2S/c1-10-8-15(21-16(19-10)11(2)12(3)20-21)18-9-13-4-6-14(7-5-13)24(17,22)23/h4-8,18H,9H2,1-3H3,(H2,17,22,23). The molecule has 24 heavy (non-hydrogen) atoms. The van der Waals surface area contributed by atoms with Crippen LogP contribution in [0.1, 0.15) is 22.5 Å². The molecule has 0 atom stereocenters. The molecule has 3 aromatic rings. The number of benzene rings is 1. The highest BCUT2D eigenvalue weighted by molar-refractivity contribution is 7.89. The van der Waals surface area contributed by atoms with E-state index in [0.29, 0.717) is 6.54 Å². The van der Waals surface area contributed by atoms with Crippen molar-refractivity contribution in [2.45, 2.75) is 32.2 Å². The summed E-state index contributed by atoms with van der Waals surface area (Å²) in [6.45, 7) is 6.42. The maximum absolute atomic E-state index is 11.3. The fourth-order valence-corrected chi connectivity index (χ4v) is 2.98. The minimum absolute atomic E-state index is 0.103. The Morgan fingerprint density at radius 1 is 1.17 bits per heavy atom. The SMILES string of the molecule is Cc1cc(NCc2ccc(S(N)(=O)=O)cc2)n2nc(C)c(C)c2n1. The second-order valence-corrected chi connectivity index (χ2v) is 7.33. The number of sulfonamides is 1. The molecule has 0 bridgehead atoms. The summed E-state index contributed by atoms with van der Waals surface area (Å²) in [5.41, 5.74) is 4.66. The van der Waals surface area contributed by atoms with Crippen LogP contribution >= 0.6 is 0 Å². The number of primary sulfonamides is 1. The lowest BCUT2D eigenvalue weighted by molar-refractivity contribution is 0.598. The van der Waals surface area contributed by atoms with E-state index in [9.17, 15) is 8.42 Å². The Labute approximate surface area is 140 Å². The summed E-state index contributed by atoms with van der Waals surface area (Å²) >= 11 is 0. The molecule has 2 heterocycles. The zero-order valence-corrected chi connectivity index (χ0v) is 14.6. The number of hydrogen-bond donors (Lipinski definition) is 2. The molecule has 0 saturated heterocycles. The van der Waals surface area contributed by atoms with Crippen LogP contribution in [-0.4, -0.2) is 23.0 Å². The number of anilines is 1. The van der Waals surface area contributed by atoms with Crippen molar-refractivity contribution >= 4 is 21.5 Å². The normalized spacial score (nSPS) is 11.8. The molecule has 7 nitrogen and oxygen atoms in total. The second-order valence-electron chi connectivity index (χ2n) is 5.77. The average Bonchev–Trinajstić information content (AvgIpc) is 2.80. The Hall–Kier alpha value is -2.45. The molecule has 1 aromatic carbocycles. The van der Waals surface area contributed by atoms with Crippen molar-refractivity contribution in [3.05, 3.63) is 52.8 Å². The van der Waals surface area contributed by atoms with Crippen molar-refractivity contribution in [3.63, 3.8) is 0 Å². The van der Waals surface area contributed by atoms with E-state index >= 15 is 0 Å². The van der Waals surface area contributed by atoms with Gasteiger partial charge in [0.25, 0.3) is 0 Å². The fraction of sp³-hybridized carbons (Fsp3) is 0.250. The maximum atomic E-state index is 11.3. The number of nitrogens with one attached hydrogen (secondary N) is 1. The number of fused-ring (bicyclic) bond motifs is 1. The summed E-state index contributed by atoms with van der Waals surface area (Å²) in [6.07, 6.45) is 0. The molecule has 3 rings (SSSR count). The molecular formula is C16H19N5O2S. The Balaban J connectivity index is 1.87. The van der Waals surface area contributed by atoms with Crippen molar-refractivity contribution in [3.8, 4) is 0 Å². The van der Waals surface area contributed by atoms with E-state index in [1.54, 1.807) is 16.6 Å². The van der Waals surface area contributed by atoms with Crippen LogP contribution in [0.2, 0.25) is 0 Å². The molecule has 0 radical (unpaired) electrons. The lowest BCUT2D eigenvalue weighted by atomic mass is 10.2. The largest absolute Gasteiger partial charge is 0.366 e. The number of aromatic nitrogens is 3. The van der Waals surface area contributed by atoms with Crippen LogP contribution in [0.4, 0.5) is 5.82 Å². The highest BCUT2D eigenvalue weighted by Gasteiger charge is 2.11. The molecule has 0 aliphatic rings. The van der Waals surface area contributed by atoms with Crippen LogP contribution in [0.5, 0.6) is 0 Å². The van der Waals surface area contributed by atoms with Crippen LogP contribution in [0.15, 0.2) is 35.2 Å². The first-order valence-electron chi connectivity index (χ1n) is 7.45. The predicted octanol–water partition coefficient (Wildman–Crippen LogP) is 1.91. The highest BCUT2D eigenvalue weighted by atomic mass is 32.2. The predicted molar refractivity (Wildman–Crippen MR) is 92.3 cm³/mol. The number of nitrogens with two attached hydrogens (primary N) is 1. The van der Waals surface area contributed by atoms with Crippen molar-refractivity contribution in [2.24, 2.45) is 5.14 Å². The number of nitrogens with zero attached hydrogens (tertiary/aromatic N) is 3. The van der Waals surface area contributed by atoms with Gasteiger partial charge in [-0.1, -0.05) is 12.1 Å². The van der Waals surface area contributed by atoms with Crippen LogP contribution in [-0.2, 0) is 16.6 Å². The van der Waals surface area contributed by atoms with E-state index in [1.807, 2.05) is 26.8 Å². The first-order valence-corrected chi connectivity index (χ1v) is 8.99. The first-order chi connectivity index (χ1) is 11.3. The van der Waals surface area contributed by atoms with E-state index < -0.39 is 10.0 Å². The Kier molecular flexibility index (Phi) is 4.02. The third-order valence-electron chi connectivity index (χ3n) is 3.91. The van der Waals surface area contributed by atoms with Gasteiger partial charge in [-0.3, -0.25) is 0 Å². The molecule has 0 spiro atoms. The summed E-state index contributed by atoms with van der Waals surface area (Å²) in [7, 11) is -3.67. The Morgan fingerprint density at radius 2 is 1.83 bits per heavy atom. The molecular weight excluding hydrogens is 326 g/mol. The quantitative estimate of drug-likeness (QED) is 0.752. The van der Waals surface area contributed by atoms with Crippen molar-refractivity contribution in [1.82, 2.24) is 14.6 Å². The fourth-order valence-electron chi connectivity index (χ4n) is 2.47. The van der Waals surface area contributed by atoms with Gasteiger partial charge in [0.2, 0.25) is 10.0 Å². The van der Waals surface area contributed by atoms with Crippen LogP contribution in [0, 0.1) is 20.8 Å². The maximum Gasteiger partial charge on any atom is 0.238 e. The molecule has 8 heteroatoms. The lowest BCUT2D eigenvalue weighted by Gasteiger charge is -2.10. The van der Waals surface area contributed by atoms with Gasteiger partial charge in [-0.2, -0.15) is 9.61 Å². The lowest BCUT2D eigenvalue weighted by Crippen LogP contribution is -2.12. The topological polar surface area (TPSA) is 102 Å². The Bertz CT molecular complexity index is 1010. The molecule has 2 aromatic heterocycles.